The summed E-state index contributed by atoms with van der Waals surface area (Å²) in [5.41, 5.74) is 1.99. The van der Waals surface area contributed by atoms with Gasteiger partial charge in [-0.2, -0.15) is 0 Å². The normalized spacial score (nSPS) is 10.0. The Balaban J connectivity index is 1.77. The van der Waals surface area contributed by atoms with Crippen molar-refractivity contribution in [3.05, 3.63) is 66.0 Å². The minimum atomic E-state index is -0.276. The maximum absolute atomic E-state index is 12.0. The van der Waals surface area contributed by atoms with E-state index in [1.807, 2.05) is 42.5 Å². The standard InChI is InChI=1S/C17H19N3O2/c1-20(13-15-5-3-2-4-6-15)17(22)11-16(21)19-12-14-7-9-18-10-8-14/h2-10H,11-13H2,1H3,(H,19,21). The van der Waals surface area contributed by atoms with Crippen LogP contribution in [0, 0.1) is 0 Å². The Bertz CT molecular complexity index is 614. The summed E-state index contributed by atoms with van der Waals surface area (Å²) in [5.74, 6) is -0.474. The Morgan fingerprint density at radius 3 is 2.41 bits per heavy atom. The molecule has 1 aromatic carbocycles. The molecule has 0 bridgehead atoms. The highest BCUT2D eigenvalue weighted by atomic mass is 16.2. The third-order valence-corrected chi connectivity index (χ3v) is 3.24. The van der Waals surface area contributed by atoms with Crippen LogP contribution in [0.1, 0.15) is 17.5 Å². The first kappa shape index (κ1) is 15.7. The summed E-state index contributed by atoms with van der Waals surface area (Å²) in [6.45, 7) is 0.897. The van der Waals surface area contributed by atoms with E-state index in [1.165, 1.54) is 0 Å². The third-order valence-electron chi connectivity index (χ3n) is 3.24. The highest BCUT2D eigenvalue weighted by molar-refractivity contribution is 5.96. The number of benzene rings is 1. The number of hydrogen-bond acceptors (Lipinski definition) is 3. The van der Waals surface area contributed by atoms with Crippen molar-refractivity contribution >= 4 is 11.8 Å². The lowest BCUT2D eigenvalue weighted by atomic mass is 10.2. The lowest BCUT2D eigenvalue weighted by Gasteiger charge is -2.17. The molecule has 2 aromatic rings. The molecule has 5 nitrogen and oxygen atoms in total. The summed E-state index contributed by atoms with van der Waals surface area (Å²) in [6, 6.07) is 13.3. The van der Waals surface area contributed by atoms with E-state index in [2.05, 4.69) is 10.3 Å². The van der Waals surface area contributed by atoms with E-state index in [9.17, 15) is 9.59 Å². The molecular formula is C17H19N3O2. The van der Waals surface area contributed by atoms with Crippen LogP contribution in [0.15, 0.2) is 54.9 Å². The predicted octanol–water partition coefficient (Wildman–Crippen LogP) is 1.75. The first-order chi connectivity index (χ1) is 10.6. The zero-order valence-corrected chi connectivity index (χ0v) is 12.5. The molecule has 2 amide bonds. The van der Waals surface area contributed by atoms with Crippen LogP contribution in [0.3, 0.4) is 0 Å². The van der Waals surface area contributed by atoms with Crippen molar-refractivity contribution in [3.63, 3.8) is 0 Å². The van der Waals surface area contributed by atoms with Crippen LogP contribution in [0.25, 0.3) is 0 Å². The SMILES string of the molecule is CN(Cc1ccccc1)C(=O)CC(=O)NCc1ccncc1. The zero-order valence-electron chi connectivity index (χ0n) is 12.5. The van der Waals surface area contributed by atoms with Crippen molar-refractivity contribution in [2.24, 2.45) is 0 Å². The summed E-state index contributed by atoms with van der Waals surface area (Å²) in [4.78, 5) is 29.3. The van der Waals surface area contributed by atoms with Crippen molar-refractivity contribution in [3.8, 4) is 0 Å². The fourth-order valence-electron chi connectivity index (χ4n) is 1.98. The van der Waals surface area contributed by atoms with Gasteiger partial charge in [0, 0.05) is 32.5 Å². The molecule has 0 unspecified atom stereocenters. The number of nitrogens with zero attached hydrogens (tertiary/aromatic N) is 2. The summed E-state index contributed by atoms with van der Waals surface area (Å²) in [5, 5.41) is 2.73. The molecule has 2 rings (SSSR count). The van der Waals surface area contributed by atoms with E-state index >= 15 is 0 Å². The Kier molecular flexibility index (Phi) is 5.65. The number of aromatic nitrogens is 1. The molecule has 0 aliphatic heterocycles. The maximum atomic E-state index is 12.0. The molecule has 1 N–H and O–H groups in total. The molecule has 0 saturated carbocycles. The third kappa shape index (κ3) is 5.01. The van der Waals surface area contributed by atoms with Gasteiger partial charge in [-0.05, 0) is 23.3 Å². The minimum Gasteiger partial charge on any atom is -0.352 e. The molecule has 0 aliphatic carbocycles. The molecule has 22 heavy (non-hydrogen) atoms. The Morgan fingerprint density at radius 1 is 1.05 bits per heavy atom. The van der Waals surface area contributed by atoms with Crippen molar-refractivity contribution in [2.75, 3.05) is 7.05 Å². The van der Waals surface area contributed by atoms with E-state index in [0.29, 0.717) is 13.1 Å². The van der Waals surface area contributed by atoms with E-state index in [-0.39, 0.29) is 18.2 Å². The number of rotatable bonds is 6. The molecule has 5 heteroatoms. The van der Waals surface area contributed by atoms with Crippen molar-refractivity contribution < 1.29 is 9.59 Å². The number of nitrogens with one attached hydrogen (secondary N) is 1. The van der Waals surface area contributed by atoms with Gasteiger partial charge in [0.05, 0.1) is 0 Å². The summed E-state index contributed by atoms with van der Waals surface area (Å²) >= 11 is 0. The number of carbonyl (C=O) groups excluding carboxylic acids is 2. The Labute approximate surface area is 130 Å². The van der Waals surface area contributed by atoms with Crippen LogP contribution in [0.2, 0.25) is 0 Å². The average molecular weight is 297 g/mol. The fourth-order valence-corrected chi connectivity index (χ4v) is 1.98. The van der Waals surface area contributed by atoms with Gasteiger partial charge in [-0.3, -0.25) is 14.6 Å². The van der Waals surface area contributed by atoms with E-state index in [4.69, 9.17) is 0 Å². The highest BCUT2D eigenvalue weighted by Gasteiger charge is 2.14. The molecule has 114 valence electrons. The number of hydrogen-bond donors (Lipinski definition) is 1. The summed E-state index contributed by atoms with van der Waals surface area (Å²) in [7, 11) is 1.70. The van der Waals surface area contributed by atoms with Crippen LogP contribution in [0.4, 0.5) is 0 Å². The van der Waals surface area contributed by atoms with Crippen LogP contribution in [-0.2, 0) is 22.7 Å². The largest absolute Gasteiger partial charge is 0.352 e. The predicted molar refractivity (Wildman–Crippen MR) is 83.6 cm³/mol. The molecule has 0 fully saturated rings. The monoisotopic (exact) mass is 297 g/mol. The average Bonchev–Trinajstić information content (AvgIpc) is 2.55. The van der Waals surface area contributed by atoms with Crippen LogP contribution in [-0.4, -0.2) is 28.7 Å². The minimum absolute atomic E-state index is 0.144. The van der Waals surface area contributed by atoms with Gasteiger partial charge in [-0.25, -0.2) is 0 Å². The summed E-state index contributed by atoms with van der Waals surface area (Å²) in [6.07, 6.45) is 3.19. The highest BCUT2D eigenvalue weighted by Crippen LogP contribution is 2.04. The molecule has 1 heterocycles. The van der Waals surface area contributed by atoms with Gasteiger partial charge < -0.3 is 10.2 Å². The first-order valence-electron chi connectivity index (χ1n) is 7.08. The first-order valence-corrected chi connectivity index (χ1v) is 7.08. The maximum Gasteiger partial charge on any atom is 0.232 e. The van der Waals surface area contributed by atoms with Gasteiger partial charge in [0.2, 0.25) is 11.8 Å². The van der Waals surface area contributed by atoms with Gasteiger partial charge in [-0.15, -0.1) is 0 Å². The molecule has 0 atom stereocenters. The van der Waals surface area contributed by atoms with Crippen molar-refractivity contribution in [1.82, 2.24) is 15.2 Å². The zero-order chi connectivity index (χ0) is 15.8. The number of pyridine rings is 1. The molecule has 1 aromatic heterocycles. The molecule has 0 radical (unpaired) electrons. The van der Waals surface area contributed by atoms with Gasteiger partial charge in [0.1, 0.15) is 6.42 Å². The second-order valence-corrected chi connectivity index (χ2v) is 5.04. The lowest BCUT2D eigenvalue weighted by Crippen LogP contribution is -2.32. The molecule has 0 spiro atoms. The van der Waals surface area contributed by atoms with Crippen LogP contribution >= 0.6 is 0 Å². The molecule has 0 aliphatic rings. The quantitative estimate of drug-likeness (QED) is 0.826. The molecule has 0 saturated heterocycles. The van der Waals surface area contributed by atoms with E-state index in [0.717, 1.165) is 11.1 Å². The second kappa shape index (κ2) is 7.93. The molecular weight excluding hydrogens is 278 g/mol. The van der Waals surface area contributed by atoms with E-state index in [1.54, 1.807) is 24.3 Å². The van der Waals surface area contributed by atoms with Gasteiger partial charge in [0.15, 0.2) is 0 Å². The van der Waals surface area contributed by atoms with E-state index < -0.39 is 0 Å². The van der Waals surface area contributed by atoms with Crippen molar-refractivity contribution in [2.45, 2.75) is 19.5 Å². The van der Waals surface area contributed by atoms with Crippen LogP contribution < -0.4 is 5.32 Å². The van der Waals surface area contributed by atoms with Crippen LogP contribution in [0.5, 0.6) is 0 Å². The van der Waals surface area contributed by atoms with Gasteiger partial charge >= 0.3 is 0 Å². The smallest absolute Gasteiger partial charge is 0.232 e. The number of carbonyl (C=O) groups is 2. The lowest BCUT2D eigenvalue weighted by molar-refractivity contribution is -0.135. The Morgan fingerprint density at radius 2 is 1.73 bits per heavy atom. The van der Waals surface area contributed by atoms with Gasteiger partial charge in [-0.1, -0.05) is 30.3 Å². The van der Waals surface area contributed by atoms with Crippen molar-refractivity contribution in [1.29, 1.82) is 0 Å². The number of amides is 2. The summed E-state index contributed by atoms with van der Waals surface area (Å²) < 4.78 is 0. The second-order valence-electron chi connectivity index (χ2n) is 5.04. The van der Waals surface area contributed by atoms with Gasteiger partial charge in [0.25, 0.3) is 0 Å². The topological polar surface area (TPSA) is 62.3 Å². The Hall–Kier alpha value is -2.69. The fraction of sp³-hybridized carbons (Fsp3) is 0.235.